The van der Waals surface area contributed by atoms with E-state index in [0.29, 0.717) is 17.8 Å². The van der Waals surface area contributed by atoms with Gasteiger partial charge in [-0.2, -0.15) is 0 Å². The molecule has 4 heteroatoms. The Morgan fingerprint density at radius 1 is 0.708 bits per heavy atom. The minimum atomic E-state index is -0.0740. The minimum absolute atomic E-state index is 0.0740. The third-order valence-electron chi connectivity index (χ3n) is 10.7. The van der Waals surface area contributed by atoms with E-state index in [2.05, 4.69) is 159 Å². The Morgan fingerprint density at radius 2 is 1.44 bits per heavy atom. The van der Waals surface area contributed by atoms with Crippen molar-refractivity contribution in [3.05, 3.63) is 156 Å². The van der Waals surface area contributed by atoms with Crippen molar-refractivity contribution in [2.24, 2.45) is 5.92 Å². The molecule has 5 aromatic carbocycles. The van der Waals surface area contributed by atoms with E-state index in [9.17, 15) is 0 Å². The fraction of sp³-hybridized carbons (Fsp3) is 0.136. The van der Waals surface area contributed by atoms with Crippen molar-refractivity contribution in [2.75, 3.05) is 0 Å². The predicted octanol–water partition coefficient (Wildman–Crippen LogP) is 11.6. The topological polar surface area (TPSA) is 30.7 Å². The van der Waals surface area contributed by atoms with Crippen molar-refractivity contribution in [1.29, 1.82) is 0 Å². The van der Waals surface area contributed by atoms with Crippen LogP contribution in [0.2, 0.25) is 0 Å². The molecule has 0 spiro atoms. The molecule has 0 fully saturated rings. The first-order chi connectivity index (χ1) is 23.5. The Kier molecular flexibility index (Phi) is 5.84. The number of benzene rings is 5. The molecule has 10 rings (SSSR count). The number of hydrogen-bond acceptors (Lipinski definition) is 3. The van der Waals surface area contributed by atoms with Gasteiger partial charge in [0.05, 0.1) is 26.9 Å². The highest BCUT2D eigenvalue weighted by molar-refractivity contribution is 7.23. The summed E-state index contributed by atoms with van der Waals surface area (Å²) < 4.78 is 3.63. The van der Waals surface area contributed by atoms with E-state index >= 15 is 0 Å². The lowest BCUT2D eigenvalue weighted by atomic mass is 9.81. The molecule has 0 amide bonds. The second-order valence-electron chi connectivity index (χ2n) is 13.8. The molecule has 48 heavy (non-hydrogen) atoms. The summed E-state index contributed by atoms with van der Waals surface area (Å²) in [6.07, 6.45) is 7.01. The van der Waals surface area contributed by atoms with Gasteiger partial charge in [-0.15, -0.1) is 11.3 Å². The molecule has 0 saturated carbocycles. The first kappa shape index (κ1) is 27.8. The van der Waals surface area contributed by atoms with E-state index in [0.717, 1.165) is 27.7 Å². The Morgan fingerprint density at radius 3 is 2.29 bits per heavy atom. The van der Waals surface area contributed by atoms with E-state index < -0.39 is 0 Å². The van der Waals surface area contributed by atoms with E-state index in [4.69, 9.17) is 9.97 Å². The Balaban J connectivity index is 1.24. The number of allylic oxidation sites excluding steroid dienone is 4. The fourth-order valence-electron chi connectivity index (χ4n) is 8.44. The molecule has 2 aliphatic rings. The molecule has 0 aliphatic heterocycles. The summed E-state index contributed by atoms with van der Waals surface area (Å²) in [4.78, 5) is 12.1. The van der Waals surface area contributed by atoms with Crippen LogP contribution in [0, 0.1) is 5.92 Å². The average molecular weight is 636 g/mol. The number of fused-ring (bicyclic) bond motifs is 10. The van der Waals surface area contributed by atoms with Crippen molar-refractivity contribution in [3.63, 3.8) is 0 Å². The largest absolute Gasteiger partial charge is 0.276 e. The van der Waals surface area contributed by atoms with Crippen LogP contribution < -0.4 is 0 Å². The van der Waals surface area contributed by atoms with Gasteiger partial charge in [0.15, 0.2) is 0 Å². The standard InChI is InChI=1S/C44H33N3S/c1-26-25-28(21-22-29(26)27-13-5-4-6-14-27)39-33-17-8-11-19-36(33)45-43(46-39)47-37-20-12-9-15-30(37)31-23-24-34-38-41(48-42(34)40(31)47)32-16-7-10-18-35(32)44(38,2)3/h4-26,29H,1-3H3. The van der Waals surface area contributed by atoms with Crippen molar-refractivity contribution < 1.29 is 0 Å². The van der Waals surface area contributed by atoms with Crippen LogP contribution in [0.4, 0.5) is 0 Å². The van der Waals surface area contributed by atoms with Crippen LogP contribution in [-0.2, 0) is 5.41 Å². The number of aromatic nitrogens is 3. The van der Waals surface area contributed by atoms with E-state index in [-0.39, 0.29) is 5.41 Å². The lowest BCUT2D eigenvalue weighted by Gasteiger charge is -2.24. The quantitative estimate of drug-likeness (QED) is 0.193. The van der Waals surface area contributed by atoms with Gasteiger partial charge in [-0.1, -0.05) is 142 Å². The van der Waals surface area contributed by atoms with Gasteiger partial charge in [-0.3, -0.25) is 4.57 Å². The molecule has 3 heterocycles. The first-order valence-electron chi connectivity index (χ1n) is 16.8. The van der Waals surface area contributed by atoms with Crippen LogP contribution in [0.25, 0.3) is 64.8 Å². The van der Waals surface area contributed by atoms with E-state index in [1.807, 2.05) is 11.3 Å². The summed E-state index contributed by atoms with van der Waals surface area (Å²) in [5.74, 6) is 1.38. The van der Waals surface area contributed by atoms with Crippen LogP contribution in [0.1, 0.15) is 49.1 Å². The smallest absolute Gasteiger partial charge is 0.235 e. The number of hydrogen-bond donors (Lipinski definition) is 0. The summed E-state index contributed by atoms with van der Waals surface area (Å²) in [7, 11) is 0. The SMILES string of the molecule is CC1C=C(c2nc(-n3c4ccccc4c4ccc5c6c(sc5c43)-c3ccccc3C6(C)C)nc3ccccc23)C=CC1c1ccccc1. The molecule has 230 valence electrons. The first-order valence-corrected chi connectivity index (χ1v) is 17.6. The van der Waals surface area contributed by atoms with Gasteiger partial charge in [0.25, 0.3) is 0 Å². The Labute approximate surface area is 283 Å². The van der Waals surface area contributed by atoms with Crippen molar-refractivity contribution in [2.45, 2.75) is 32.1 Å². The molecule has 3 aromatic heterocycles. The number of rotatable bonds is 3. The normalized spacial score (nSPS) is 18.1. The highest BCUT2D eigenvalue weighted by Gasteiger charge is 2.39. The highest BCUT2D eigenvalue weighted by atomic mass is 32.1. The second-order valence-corrected chi connectivity index (χ2v) is 14.9. The van der Waals surface area contributed by atoms with E-state index in [1.54, 1.807) is 0 Å². The fourth-order valence-corrected chi connectivity index (χ4v) is 9.98. The van der Waals surface area contributed by atoms with Crippen molar-refractivity contribution in [1.82, 2.24) is 14.5 Å². The zero-order valence-electron chi connectivity index (χ0n) is 27.1. The molecule has 0 N–H and O–H groups in total. The lowest BCUT2D eigenvalue weighted by Crippen LogP contribution is -2.14. The zero-order valence-corrected chi connectivity index (χ0v) is 27.9. The minimum Gasteiger partial charge on any atom is -0.276 e. The van der Waals surface area contributed by atoms with Crippen molar-refractivity contribution >= 4 is 59.7 Å². The highest BCUT2D eigenvalue weighted by Crippen LogP contribution is 2.56. The van der Waals surface area contributed by atoms with Gasteiger partial charge in [0, 0.05) is 32.4 Å². The summed E-state index contributed by atoms with van der Waals surface area (Å²) in [5, 5.41) is 4.85. The number of thiophene rings is 1. The lowest BCUT2D eigenvalue weighted by molar-refractivity contribution is 0.637. The number of para-hydroxylation sites is 2. The molecule has 0 bridgehead atoms. The van der Waals surface area contributed by atoms with Gasteiger partial charge in [0.1, 0.15) is 0 Å². The molecule has 2 unspecified atom stereocenters. The van der Waals surface area contributed by atoms with Crippen LogP contribution in [0.3, 0.4) is 0 Å². The van der Waals surface area contributed by atoms with Gasteiger partial charge in [0.2, 0.25) is 5.95 Å². The molecule has 2 aliphatic carbocycles. The maximum atomic E-state index is 5.47. The molecule has 3 nitrogen and oxygen atoms in total. The third-order valence-corrected chi connectivity index (χ3v) is 11.9. The zero-order chi connectivity index (χ0) is 32.1. The van der Waals surface area contributed by atoms with E-state index in [1.165, 1.54) is 53.5 Å². The summed E-state index contributed by atoms with van der Waals surface area (Å²) >= 11 is 1.92. The second kappa shape index (κ2) is 10.1. The van der Waals surface area contributed by atoms with Gasteiger partial charge >= 0.3 is 0 Å². The maximum absolute atomic E-state index is 5.47. The molecular weight excluding hydrogens is 603 g/mol. The van der Waals surface area contributed by atoms with Crippen LogP contribution >= 0.6 is 11.3 Å². The van der Waals surface area contributed by atoms with Crippen molar-refractivity contribution in [3.8, 4) is 16.4 Å². The molecule has 8 aromatic rings. The maximum Gasteiger partial charge on any atom is 0.235 e. The number of nitrogens with zero attached hydrogens (tertiary/aromatic N) is 3. The summed E-state index contributed by atoms with van der Waals surface area (Å²) in [6.45, 7) is 7.05. The van der Waals surface area contributed by atoms with Gasteiger partial charge in [-0.25, -0.2) is 9.97 Å². The molecule has 2 atom stereocenters. The predicted molar refractivity (Wildman–Crippen MR) is 202 cm³/mol. The third kappa shape index (κ3) is 3.81. The Hall–Kier alpha value is -5.32. The average Bonchev–Trinajstić information content (AvgIpc) is 3.75. The van der Waals surface area contributed by atoms with Crippen LogP contribution in [-0.4, -0.2) is 14.5 Å². The van der Waals surface area contributed by atoms with Gasteiger partial charge in [-0.05, 0) is 51.3 Å². The molecular formula is C44H33N3S. The summed E-state index contributed by atoms with van der Waals surface area (Å²) in [5.41, 5.74) is 10.9. The monoisotopic (exact) mass is 635 g/mol. The molecule has 0 saturated heterocycles. The Bertz CT molecular complexity index is 2670. The molecule has 0 radical (unpaired) electrons. The van der Waals surface area contributed by atoms with Gasteiger partial charge < -0.3 is 0 Å². The van der Waals surface area contributed by atoms with Crippen LogP contribution in [0.15, 0.2) is 133 Å². The van der Waals surface area contributed by atoms with Crippen LogP contribution in [0.5, 0.6) is 0 Å². The summed E-state index contributed by atoms with van der Waals surface area (Å²) in [6, 6.07) is 41.6.